The molecule has 0 atom stereocenters. The van der Waals surface area contributed by atoms with Gasteiger partial charge in [-0.05, 0) is 35.4 Å². The Hall–Kier alpha value is -4.21. The van der Waals surface area contributed by atoms with Crippen molar-refractivity contribution in [3.8, 4) is 28.5 Å². The van der Waals surface area contributed by atoms with Gasteiger partial charge in [0.15, 0.2) is 0 Å². The Morgan fingerprint density at radius 2 is 1.53 bits per heavy atom. The summed E-state index contributed by atoms with van der Waals surface area (Å²) < 4.78 is 0. The molecule has 5 nitrogen and oxygen atoms in total. The second kappa shape index (κ2) is 9.73. The highest BCUT2D eigenvalue weighted by molar-refractivity contribution is 7.11. The minimum Gasteiger partial charge on any atom is -0.360 e. The van der Waals surface area contributed by atoms with Crippen molar-refractivity contribution in [1.82, 2.24) is 4.98 Å². The third-order valence-electron chi connectivity index (χ3n) is 4.73. The van der Waals surface area contributed by atoms with Crippen LogP contribution in [0.2, 0.25) is 0 Å². The molecule has 1 amide bonds. The number of allylic oxidation sites excluding steroid dienone is 1. The average Bonchev–Trinajstić information content (AvgIpc) is 3.31. The van der Waals surface area contributed by atoms with Crippen LogP contribution < -0.4 is 10.6 Å². The van der Waals surface area contributed by atoms with E-state index < -0.39 is 0 Å². The molecule has 4 rings (SSSR count). The fraction of sp³-hybridized carbons (Fsp3) is 0.0385. The van der Waals surface area contributed by atoms with Crippen LogP contribution in [0.5, 0.6) is 0 Å². The maximum Gasteiger partial charge on any atom is 0.221 e. The van der Waals surface area contributed by atoms with Crippen LogP contribution in [0.3, 0.4) is 0 Å². The molecule has 0 spiro atoms. The number of carbonyl (C=O) groups is 1. The van der Waals surface area contributed by atoms with Gasteiger partial charge in [0.1, 0.15) is 16.6 Å². The molecule has 0 saturated carbocycles. The molecule has 4 aromatic rings. The first-order valence-electron chi connectivity index (χ1n) is 9.98. The number of nitrogens with one attached hydrogen (secondary N) is 2. The number of aromatic nitrogens is 1. The number of nitrogens with zero attached hydrogens (tertiary/aromatic N) is 2. The topological polar surface area (TPSA) is 77.8 Å². The van der Waals surface area contributed by atoms with Gasteiger partial charge in [0.05, 0.1) is 5.69 Å². The van der Waals surface area contributed by atoms with Crippen LogP contribution in [-0.2, 0) is 4.79 Å². The Morgan fingerprint density at radius 1 is 0.906 bits per heavy atom. The van der Waals surface area contributed by atoms with Gasteiger partial charge < -0.3 is 10.6 Å². The summed E-state index contributed by atoms with van der Waals surface area (Å²) in [6, 6.07) is 27.9. The fourth-order valence-electron chi connectivity index (χ4n) is 3.14. The summed E-state index contributed by atoms with van der Waals surface area (Å²) in [6.07, 6.45) is 1.65. The Labute approximate surface area is 190 Å². The van der Waals surface area contributed by atoms with Crippen molar-refractivity contribution in [2.24, 2.45) is 0 Å². The fourth-order valence-corrected chi connectivity index (χ4v) is 3.94. The van der Waals surface area contributed by atoms with Gasteiger partial charge in [-0.15, -0.1) is 11.3 Å². The molecule has 0 aliphatic rings. The van der Waals surface area contributed by atoms with Crippen molar-refractivity contribution < 1.29 is 4.79 Å². The van der Waals surface area contributed by atoms with Gasteiger partial charge in [-0.3, -0.25) is 4.79 Å². The van der Waals surface area contributed by atoms with E-state index in [1.807, 2.05) is 47.8 Å². The van der Waals surface area contributed by atoms with Crippen LogP contribution in [0.4, 0.5) is 11.4 Å². The van der Waals surface area contributed by atoms with E-state index in [-0.39, 0.29) is 5.91 Å². The first kappa shape index (κ1) is 21.0. The van der Waals surface area contributed by atoms with Crippen LogP contribution in [0.15, 0.2) is 90.4 Å². The van der Waals surface area contributed by atoms with Gasteiger partial charge in [-0.2, -0.15) is 5.26 Å². The summed E-state index contributed by atoms with van der Waals surface area (Å²) in [5, 5.41) is 18.1. The lowest BCUT2D eigenvalue weighted by Gasteiger charge is -2.05. The maximum absolute atomic E-state index is 11.1. The molecule has 0 saturated heterocycles. The summed E-state index contributed by atoms with van der Waals surface area (Å²) in [5.41, 5.74) is 6.14. The molecule has 3 aromatic carbocycles. The largest absolute Gasteiger partial charge is 0.360 e. The Morgan fingerprint density at radius 3 is 2.19 bits per heavy atom. The zero-order valence-corrected chi connectivity index (χ0v) is 18.2. The lowest BCUT2D eigenvalue weighted by atomic mass is 10.0. The number of rotatable bonds is 6. The second-order valence-electron chi connectivity index (χ2n) is 7.05. The van der Waals surface area contributed by atoms with Gasteiger partial charge >= 0.3 is 0 Å². The van der Waals surface area contributed by atoms with E-state index in [4.69, 9.17) is 0 Å². The molecule has 0 aliphatic carbocycles. The number of anilines is 2. The van der Waals surface area contributed by atoms with Gasteiger partial charge in [0, 0.05) is 35.4 Å². The number of benzene rings is 3. The lowest BCUT2D eigenvalue weighted by molar-refractivity contribution is -0.114. The van der Waals surface area contributed by atoms with E-state index in [9.17, 15) is 10.1 Å². The molecular formula is C26H20N4OS. The first-order valence-corrected chi connectivity index (χ1v) is 10.9. The number of nitriles is 1. The van der Waals surface area contributed by atoms with Crippen molar-refractivity contribution in [2.75, 3.05) is 10.6 Å². The third-order valence-corrected chi connectivity index (χ3v) is 5.61. The number of hydrogen-bond acceptors (Lipinski definition) is 5. The molecule has 0 aliphatic heterocycles. The zero-order chi connectivity index (χ0) is 22.3. The highest BCUT2D eigenvalue weighted by Crippen LogP contribution is 2.28. The summed E-state index contributed by atoms with van der Waals surface area (Å²) in [7, 11) is 0. The molecule has 156 valence electrons. The molecule has 2 N–H and O–H groups in total. The summed E-state index contributed by atoms with van der Waals surface area (Å²) >= 11 is 1.43. The molecule has 1 aromatic heterocycles. The Balaban J connectivity index is 1.48. The Kier molecular flexibility index (Phi) is 6.40. The minimum absolute atomic E-state index is 0.119. The van der Waals surface area contributed by atoms with Crippen LogP contribution >= 0.6 is 11.3 Å². The molecule has 0 bridgehead atoms. The molecule has 0 fully saturated rings. The van der Waals surface area contributed by atoms with Gasteiger partial charge in [0.2, 0.25) is 5.91 Å². The van der Waals surface area contributed by atoms with E-state index in [0.29, 0.717) is 10.6 Å². The predicted molar refractivity (Wildman–Crippen MR) is 131 cm³/mol. The van der Waals surface area contributed by atoms with Crippen LogP contribution in [-0.4, -0.2) is 10.9 Å². The quantitative estimate of drug-likeness (QED) is 0.342. The zero-order valence-electron chi connectivity index (χ0n) is 17.4. The van der Waals surface area contributed by atoms with E-state index in [1.165, 1.54) is 23.8 Å². The first-order chi connectivity index (χ1) is 15.6. The van der Waals surface area contributed by atoms with Crippen molar-refractivity contribution >= 4 is 34.2 Å². The van der Waals surface area contributed by atoms with Crippen LogP contribution in [0, 0.1) is 11.3 Å². The second-order valence-corrected chi connectivity index (χ2v) is 7.91. The van der Waals surface area contributed by atoms with Crippen molar-refractivity contribution in [1.29, 1.82) is 5.26 Å². The molecule has 0 radical (unpaired) electrons. The number of hydrogen-bond donors (Lipinski definition) is 2. The van der Waals surface area contributed by atoms with Crippen molar-refractivity contribution in [3.05, 3.63) is 95.5 Å². The standard InChI is InChI=1S/C26H20N4OS/c1-18(31)29-24-13-11-23(12-14-24)28-16-22(15-27)26-30-25(17-32-26)21-9-7-20(8-10-21)19-5-3-2-4-6-19/h2-14,16-17,28H,1H3,(H,29,31)/b22-16+. The smallest absolute Gasteiger partial charge is 0.221 e. The van der Waals surface area contributed by atoms with Crippen LogP contribution in [0.1, 0.15) is 11.9 Å². The van der Waals surface area contributed by atoms with Crippen LogP contribution in [0.25, 0.3) is 28.0 Å². The Bertz CT molecular complexity index is 1280. The highest BCUT2D eigenvalue weighted by atomic mass is 32.1. The van der Waals surface area contributed by atoms with Crippen molar-refractivity contribution in [3.63, 3.8) is 0 Å². The minimum atomic E-state index is -0.119. The monoisotopic (exact) mass is 436 g/mol. The van der Waals surface area contributed by atoms with Gasteiger partial charge in [0.25, 0.3) is 0 Å². The molecule has 1 heterocycles. The third kappa shape index (κ3) is 5.09. The molecular weight excluding hydrogens is 416 g/mol. The lowest BCUT2D eigenvalue weighted by Crippen LogP contribution is -2.05. The highest BCUT2D eigenvalue weighted by Gasteiger charge is 2.09. The normalized spacial score (nSPS) is 10.9. The van der Waals surface area contributed by atoms with E-state index in [2.05, 4.69) is 46.0 Å². The number of thiazole rings is 1. The summed E-state index contributed by atoms with van der Waals surface area (Å²) in [4.78, 5) is 15.8. The summed E-state index contributed by atoms with van der Waals surface area (Å²) in [5.74, 6) is -0.119. The SMILES string of the molecule is CC(=O)Nc1ccc(N/C=C(\C#N)c2nc(-c3ccc(-c4ccccc4)cc3)cs2)cc1. The molecule has 0 unspecified atom stereocenters. The van der Waals surface area contributed by atoms with Gasteiger partial charge in [-0.25, -0.2) is 4.98 Å². The van der Waals surface area contributed by atoms with E-state index in [0.717, 1.165) is 28.2 Å². The maximum atomic E-state index is 11.1. The number of carbonyl (C=O) groups excluding carboxylic acids is 1. The number of amides is 1. The molecule has 6 heteroatoms. The van der Waals surface area contributed by atoms with E-state index in [1.54, 1.807) is 18.3 Å². The van der Waals surface area contributed by atoms with Gasteiger partial charge in [-0.1, -0.05) is 54.6 Å². The van der Waals surface area contributed by atoms with Crippen molar-refractivity contribution in [2.45, 2.75) is 6.92 Å². The van der Waals surface area contributed by atoms with E-state index >= 15 is 0 Å². The summed E-state index contributed by atoms with van der Waals surface area (Å²) in [6.45, 7) is 1.47. The average molecular weight is 437 g/mol. The predicted octanol–water partition coefficient (Wildman–Crippen LogP) is 6.41. The molecule has 32 heavy (non-hydrogen) atoms.